The quantitative estimate of drug-likeness (QED) is 0.841. The average Bonchev–Trinajstić information content (AvgIpc) is 2.08. The zero-order valence-electron chi connectivity index (χ0n) is 8.38. The molecule has 0 bridgehead atoms. The van der Waals surface area contributed by atoms with E-state index in [-0.39, 0.29) is 10.5 Å². The van der Waals surface area contributed by atoms with Gasteiger partial charge in [0.25, 0.3) is 5.24 Å². The molecule has 0 aromatic heterocycles. The maximum Gasteiger partial charge on any atom is 0.283 e. The van der Waals surface area contributed by atoms with Crippen molar-refractivity contribution in [3.8, 4) is 0 Å². The van der Waals surface area contributed by atoms with E-state index in [0.717, 1.165) is 0 Å². The number of hydrogen-bond donors (Lipinski definition) is 1. The van der Waals surface area contributed by atoms with Crippen molar-refractivity contribution in [3.63, 3.8) is 0 Å². The molecule has 15 heavy (non-hydrogen) atoms. The molecule has 0 aliphatic carbocycles. The van der Waals surface area contributed by atoms with Gasteiger partial charge in [-0.2, -0.15) is 0 Å². The average molecular weight is 264 g/mol. The van der Waals surface area contributed by atoms with Crippen LogP contribution in [0.5, 0.6) is 0 Å². The number of carbonyl (C=O) groups excluding carboxylic acids is 1. The Bertz CT molecular complexity index is 368. The first-order valence-corrected chi connectivity index (χ1v) is 6.05. The van der Waals surface area contributed by atoms with E-state index in [4.69, 9.17) is 23.2 Å². The highest BCUT2D eigenvalue weighted by Gasteiger charge is 2.08. The second-order valence-electron chi connectivity index (χ2n) is 3.20. The van der Waals surface area contributed by atoms with Gasteiger partial charge in [-0.25, -0.2) is 0 Å². The topological polar surface area (TPSA) is 29.1 Å². The van der Waals surface area contributed by atoms with Crippen molar-refractivity contribution in [2.24, 2.45) is 0 Å². The molecule has 0 spiro atoms. The summed E-state index contributed by atoms with van der Waals surface area (Å²) >= 11 is 12.9. The maximum atomic E-state index is 11.4. The minimum atomic E-state index is -0.116. The summed E-state index contributed by atoms with van der Waals surface area (Å²) in [6, 6.07) is 4.96. The van der Waals surface area contributed by atoms with Gasteiger partial charge >= 0.3 is 0 Å². The fraction of sp³-hybridized carbons (Fsp3) is 0.300. The zero-order valence-corrected chi connectivity index (χ0v) is 10.7. The second kappa shape index (κ2) is 5.64. The molecule has 1 rings (SSSR count). The van der Waals surface area contributed by atoms with Crippen molar-refractivity contribution in [2.75, 3.05) is 5.32 Å². The fourth-order valence-corrected chi connectivity index (χ4v) is 2.00. The van der Waals surface area contributed by atoms with Gasteiger partial charge in [0.15, 0.2) is 0 Å². The van der Waals surface area contributed by atoms with Crippen LogP contribution in [0.4, 0.5) is 10.5 Å². The Kier molecular flexibility index (Phi) is 4.77. The highest BCUT2D eigenvalue weighted by molar-refractivity contribution is 8.14. The van der Waals surface area contributed by atoms with E-state index < -0.39 is 0 Å². The first-order valence-electron chi connectivity index (χ1n) is 4.41. The lowest BCUT2D eigenvalue weighted by Crippen LogP contribution is -2.08. The summed E-state index contributed by atoms with van der Waals surface area (Å²) in [6.45, 7) is 3.90. The van der Waals surface area contributed by atoms with Gasteiger partial charge in [-0.05, 0) is 18.2 Å². The molecule has 0 saturated heterocycles. The van der Waals surface area contributed by atoms with Crippen LogP contribution < -0.4 is 5.32 Å². The molecule has 0 aliphatic rings. The lowest BCUT2D eigenvalue weighted by molar-refractivity contribution is 0.269. The number of amides is 1. The Morgan fingerprint density at radius 3 is 2.60 bits per heavy atom. The van der Waals surface area contributed by atoms with Gasteiger partial charge in [-0.3, -0.25) is 4.79 Å². The van der Waals surface area contributed by atoms with Crippen LogP contribution in [0.15, 0.2) is 18.2 Å². The van der Waals surface area contributed by atoms with E-state index in [1.54, 1.807) is 18.2 Å². The largest absolute Gasteiger partial charge is 0.315 e. The molecule has 0 saturated carbocycles. The molecule has 0 atom stereocenters. The van der Waals surface area contributed by atoms with Crippen molar-refractivity contribution >= 4 is 45.9 Å². The van der Waals surface area contributed by atoms with E-state index in [1.807, 2.05) is 13.8 Å². The molecule has 82 valence electrons. The van der Waals surface area contributed by atoms with Gasteiger partial charge in [0.2, 0.25) is 0 Å². The molecule has 5 heteroatoms. The van der Waals surface area contributed by atoms with Crippen molar-refractivity contribution in [2.45, 2.75) is 19.1 Å². The third-order valence-corrected chi connectivity index (χ3v) is 2.85. The number of rotatable bonds is 2. The third kappa shape index (κ3) is 4.33. The summed E-state index contributed by atoms with van der Waals surface area (Å²) in [5.74, 6) is 0. The Balaban J connectivity index is 2.68. The molecule has 0 unspecified atom stereocenters. The number of halogens is 2. The minimum Gasteiger partial charge on any atom is -0.315 e. The number of anilines is 1. The molecule has 0 fully saturated rings. The van der Waals surface area contributed by atoms with Crippen LogP contribution in [0.1, 0.15) is 13.8 Å². The normalized spacial score (nSPS) is 10.5. The molecule has 0 aliphatic heterocycles. The highest BCUT2D eigenvalue weighted by Crippen LogP contribution is 2.26. The molecule has 2 nitrogen and oxygen atoms in total. The van der Waals surface area contributed by atoms with Crippen molar-refractivity contribution in [1.82, 2.24) is 0 Å². The molecular weight excluding hydrogens is 253 g/mol. The molecule has 0 radical (unpaired) electrons. The van der Waals surface area contributed by atoms with Crippen molar-refractivity contribution < 1.29 is 4.79 Å². The monoisotopic (exact) mass is 263 g/mol. The minimum absolute atomic E-state index is 0.116. The Hall–Kier alpha value is -0.380. The van der Waals surface area contributed by atoms with Gasteiger partial charge in [-0.1, -0.05) is 48.8 Å². The molecule has 1 amide bonds. The molecule has 1 aromatic rings. The van der Waals surface area contributed by atoms with Gasteiger partial charge in [-0.15, -0.1) is 0 Å². The van der Waals surface area contributed by atoms with E-state index in [9.17, 15) is 4.79 Å². The number of benzene rings is 1. The lowest BCUT2D eigenvalue weighted by atomic mass is 10.3. The molecule has 0 heterocycles. The van der Waals surface area contributed by atoms with Crippen LogP contribution in [-0.4, -0.2) is 10.5 Å². The molecule has 1 N–H and O–H groups in total. The van der Waals surface area contributed by atoms with Crippen LogP contribution in [0.3, 0.4) is 0 Å². The standard InChI is InChI=1S/C10H11Cl2NOS/c1-6(2)15-10(14)13-9-4-3-7(11)5-8(9)12/h3-6H,1-2H3,(H,13,14). The van der Waals surface area contributed by atoms with E-state index in [2.05, 4.69) is 5.32 Å². The van der Waals surface area contributed by atoms with Crippen LogP contribution >= 0.6 is 35.0 Å². The molecule has 1 aromatic carbocycles. The van der Waals surface area contributed by atoms with Crippen LogP contribution in [-0.2, 0) is 0 Å². The summed E-state index contributed by atoms with van der Waals surface area (Å²) < 4.78 is 0. The maximum absolute atomic E-state index is 11.4. The Morgan fingerprint density at radius 2 is 2.07 bits per heavy atom. The summed E-state index contributed by atoms with van der Waals surface area (Å²) in [4.78, 5) is 11.4. The van der Waals surface area contributed by atoms with Gasteiger partial charge in [0.05, 0.1) is 10.7 Å². The van der Waals surface area contributed by atoms with Gasteiger partial charge in [0, 0.05) is 10.3 Å². The molecular formula is C10H11Cl2NOS. The number of nitrogens with one attached hydrogen (secondary N) is 1. The number of carbonyl (C=O) groups is 1. The Labute approximate surface area is 103 Å². The first kappa shape index (κ1) is 12.7. The summed E-state index contributed by atoms with van der Waals surface area (Å²) in [5, 5.41) is 3.83. The lowest BCUT2D eigenvalue weighted by Gasteiger charge is -2.08. The third-order valence-electron chi connectivity index (χ3n) is 1.51. The summed E-state index contributed by atoms with van der Waals surface area (Å²) in [7, 11) is 0. The summed E-state index contributed by atoms with van der Waals surface area (Å²) in [5.41, 5.74) is 0.583. The number of hydrogen-bond acceptors (Lipinski definition) is 2. The van der Waals surface area contributed by atoms with Crippen LogP contribution in [0.25, 0.3) is 0 Å². The van der Waals surface area contributed by atoms with Crippen molar-refractivity contribution in [3.05, 3.63) is 28.2 Å². The van der Waals surface area contributed by atoms with Gasteiger partial charge < -0.3 is 5.32 Å². The predicted molar refractivity (Wildman–Crippen MR) is 68.2 cm³/mol. The van der Waals surface area contributed by atoms with Crippen molar-refractivity contribution in [1.29, 1.82) is 0 Å². The fourth-order valence-electron chi connectivity index (χ4n) is 0.944. The van der Waals surface area contributed by atoms with E-state index in [1.165, 1.54) is 11.8 Å². The van der Waals surface area contributed by atoms with Gasteiger partial charge in [0.1, 0.15) is 0 Å². The highest BCUT2D eigenvalue weighted by atomic mass is 35.5. The van der Waals surface area contributed by atoms with Crippen LogP contribution in [0.2, 0.25) is 10.0 Å². The Morgan fingerprint density at radius 1 is 1.40 bits per heavy atom. The van der Waals surface area contributed by atoms with Crippen LogP contribution in [0, 0.1) is 0 Å². The second-order valence-corrected chi connectivity index (χ2v) is 5.60. The summed E-state index contributed by atoms with van der Waals surface area (Å²) in [6.07, 6.45) is 0. The number of thioether (sulfide) groups is 1. The first-order chi connectivity index (χ1) is 6.99. The van der Waals surface area contributed by atoms with E-state index in [0.29, 0.717) is 15.7 Å². The zero-order chi connectivity index (χ0) is 11.4. The SMILES string of the molecule is CC(C)SC(=O)Nc1ccc(Cl)cc1Cl. The predicted octanol–water partition coefficient (Wildman–Crippen LogP) is 4.67. The van der Waals surface area contributed by atoms with E-state index >= 15 is 0 Å². The smallest absolute Gasteiger partial charge is 0.283 e.